The van der Waals surface area contributed by atoms with Crippen LogP contribution < -0.4 is 10.2 Å². The van der Waals surface area contributed by atoms with Crippen molar-refractivity contribution in [2.45, 2.75) is 52.2 Å². The fourth-order valence-electron chi connectivity index (χ4n) is 3.66. The van der Waals surface area contributed by atoms with Crippen LogP contribution in [0.25, 0.3) is 21.6 Å². The summed E-state index contributed by atoms with van der Waals surface area (Å²) in [6.07, 6.45) is 1.37. The molecule has 1 amide bonds. The summed E-state index contributed by atoms with van der Waals surface area (Å²) in [5, 5.41) is 5.16. The van der Waals surface area contributed by atoms with Crippen molar-refractivity contribution >= 4 is 33.5 Å². The van der Waals surface area contributed by atoms with Crippen molar-refractivity contribution in [3.63, 3.8) is 0 Å². The molecular weight excluding hydrogens is 396 g/mol. The molecule has 1 saturated heterocycles. The van der Waals surface area contributed by atoms with Gasteiger partial charge < -0.3 is 15.0 Å². The average Bonchev–Trinajstić information content (AvgIpc) is 3.08. The minimum Gasteiger partial charge on any atom is -0.444 e. The third kappa shape index (κ3) is 4.56. The van der Waals surface area contributed by atoms with Gasteiger partial charge in [0.1, 0.15) is 5.60 Å². The Kier molecular flexibility index (Phi) is 5.64. The van der Waals surface area contributed by atoms with Crippen LogP contribution in [0.2, 0.25) is 0 Å². The fourth-order valence-corrected chi connectivity index (χ4v) is 4.66. The molecule has 1 N–H and O–H groups in total. The minimum absolute atomic E-state index is 0.118. The monoisotopic (exact) mass is 424 g/mol. The molecule has 0 bridgehead atoms. The number of nitrogens with zero attached hydrogens (tertiary/aromatic N) is 3. The molecule has 6 nitrogen and oxygen atoms in total. The van der Waals surface area contributed by atoms with Crippen molar-refractivity contribution in [3.8, 4) is 11.4 Å². The number of ether oxygens (including phenoxy) is 1. The first-order valence-electron chi connectivity index (χ1n) is 10.4. The standard InChI is InChI=1S/C23H28N4O2S/c1-15-14-30-19-18(15)25-20(16-8-6-5-7-9-16)26-21(19)27-12-10-17(11-13-27)24-22(28)29-23(2,3)4/h5-9,14,17H,10-13H2,1-4H3,(H,24,28). The summed E-state index contributed by atoms with van der Waals surface area (Å²) in [5.41, 5.74) is 2.74. The first-order valence-corrected chi connectivity index (χ1v) is 11.2. The van der Waals surface area contributed by atoms with Crippen LogP contribution in [-0.4, -0.2) is 40.8 Å². The highest BCUT2D eigenvalue weighted by molar-refractivity contribution is 7.18. The number of thiophene rings is 1. The molecule has 0 spiro atoms. The van der Waals surface area contributed by atoms with Crippen LogP contribution in [0.15, 0.2) is 35.7 Å². The molecule has 0 radical (unpaired) electrons. The highest BCUT2D eigenvalue weighted by atomic mass is 32.1. The highest BCUT2D eigenvalue weighted by Gasteiger charge is 2.26. The quantitative estimate of drug-likeness (QED) is 0.629. The number of alkyl carbamates (subject to hydrolysis) is 1. The Balaban J connectivity index is 1.54. The van der Waals surface area contributed by atoms with Gasteiger partial charge in [-0.1, -0.05) is 30.3 Å². The number of rotatable bonds is 3. The molecule has 0 atom stereocenters. The number of benzene rings is 1. The van der Waals surface area contributed by atoms with Crippen molar-refractivity contribution in [3.05, 3.63) is 41.3 Å². The Morgan fingerprint density at radius 1 is 1.17 bits per heavy atom. The van der Waals surface area contributed by atoms with Crippen LogP contribution >= 0.6 is 11.3 Å². The van der Waals surface area contributed by atoms with Gasteiger partial charge in [-0.2, -0.15) is 0 Å². The Hall–Kier alpha value is -2.67. The van der Waals surface area contributed by atoms with E-state index in [1.165, 1.54) is 5.56 Å². The number of anilines is 1. The molecule has 7 heteroatoms. The molecule has 4 rings (SSSR count). The molecule has 3 heterocycles. The van der Waals surface area contributed by atoms with Gasteiger partial charge in [0, 0.05) is 24.7 Å². The first-order chi connectivity index (χ1) is 14.3. The summed E-state index contributed by atoms with van der Waals surface area (Å²) in [7, 11) is 0. The number of amides is 1. The Morgan fingerprint density at radius 3 is 2.53 bits per heavy atom. The molecule has 0 saturated carbocycles. The molecular formula is C23H28N4O2S. The number of carbonyl (C=O) groups is 1. The van der Waals surface area contributed by atoms with E-state index in [-0.39, 0.29) is 12.1 Å². The zero-order valence-corrected chi connectivity index (χ0v) is 18.8. The van der Waals surface area contributed by atoms with E-state index >= 15 is 0 Å². The number of piperidine rings is 1. The van der Waals surface area contributed by atoms with Gasteiger partial charge in [-0.25, -0.2) is 14.8 Å². The topological polar surface area (TPSA) is 67.4 Å². The van der Waals surface area contributed by atoms with Crippen molar-refractivity contribution in [1.82, 2.24) is 15.3 Å². The molecule has 30 heavy (non-hydrogen) atoms. The largest absolute Gasteiger partial charge is 0.444 e. The van der Waals surface area contributed by atoms with Crippen LogP contribution in [0.3, 0.4) is 0 Å². The molecule has 3 aromatic rings. The van der Waals surface area contributed by atoms with E-state index in [9.17, 15) is 4.79 Å². The lowest BCUT2D eigenvalue weighted by molar-refractivity contribution is 0.0497. The lowest BCUT2D eigenvalue weighted by atomic mass is 10.1. The van der Waals surface area contributed by atoms with E-state index < -0.39 is 5.60 Å². The van der Waals surface area contributed by atoms with Gasteiger partial charge in [-0.15, -0.1) is 11.3 Å². The molecule has 158 valence electrons. The van der Waals surface area contributed by atoms with Crippen LogP contribution in [0.5, 0.6) is 0 Å². The maximum Gasteiger partial charge on any atom is 0.407 e. The number of aromatic nitrogens is 2. The fraction of sp³-hybridized carbons (Fsp3) is 0.435. The van der Waals surface area contributed by atoms with Crippen molar-refractivity contribution in [2.75, 3.05) is 18.0 Å². The predicted octanol–water partition coefficient (Wildman–Crippen LogP) is 5.16. The van der Waals surface area contributed by atoms with E-state index in [1.54, 1.807) is 11.3 Å². The zero-order chi connectivity index (χ0) is 21.3. The van der Waals surface area contributed by atoms with Gasteiger partial charge >= 0.3 is 6.09 Å². The molecule has 0 aliphatic carbocycles. The highest BCUT2D eigenvalue weighted by Crippen LogP contribution is 2.35. The summed E-state index contributed by atoms with van der Waals surface area (Å²) in [4.78, 5) is 24.2. The van der Waals surface area contributed by atoms with Crippen LogP contribution in [0.4, 0.5) is 10.6 Å². The smallest absolute Gasteiger partial charge is 0.407 e. The van der Waals surface area contributed by atoms with Gasteiger partial charge in [0.05, 0.1) is 10.2 Å². The number of fused-ring (bicyclic) bond motifs is 1. The zero-order valence-electron chi connectivity index (χ0n) is 17.9. The summed E-state index contributed by atoms with van der Waals surface area (Å²) >= 11 is 1.70. The Morgan fingerprint density at radius 2 is 1.87 bits per heavy atom. The molecule has 1 aliphatic heterocycles. The number of aryl methyl sites for hydroxylation is 1. The van der Waals surface area contributed by atoms with Crippen LogP contribution in [0, 0.1) is 6.92 Å². The van der Waals surface area contributed by atoms with Crippen molar-refractivity contribution in [1.29, 1.82) is 0 Å². The van der Waals surface area contributed by atoms with E-state index in [0.717, 1.165) is 53.4 Å². The van der Waals surface area contributed by atoms with Gasteiger partial charge in [-0.05, 0) is 51.5 Å². The van der Waals surface area contributed by atoms with E-state index in [1.807, 2.05) is 51.1 Å². The number of nitrogens with one attached hydrogen (secondary N) is 1. The Bertz CT molecular complexity index is 1030. The van der Waals surface area contributed by atoms with Crippen LogP contribution in [0.1, 0.15) is 39.2 Å². The maximum atomic E-state index is 12.1. The van der Waals surface area contributed by atoms with E-state index in [0.29, 0.717) is 0 Å². The predicted molar refractivity (Wildman–Crippen MR) is 122 cm³/mol. The summed E-state index contributed by atoms with van der Waals surface area (Å²) in [6, 6.07) is 10.2. The molecule has 1 aromatic carbocycles. The van der Waals surface area contributed by atoms with E-state index in [4.69, 9.17) is 14.7 Å². The minimum atomic E-state index is -0.484. The molecule has 0 unspecified atom stereocenters. The summed E-state index contributed by atoms with van der Waals surface area (Å²) in [6.45, 7) is 9.39. The number of hydrogen-bond acceptors (Lipinski definition) is 6. The third-order valence-corrected chi connectivity index (χ3v) is 6.21. The first kappa shape index (κ1) is 20.6. The normalized spacial score (nSPS) is 15.4. The van der Waals surface area contributed by atoms with Crippen LogP contribution in [-0.2, 0) is 4.74 Å². The lowest BCUT2D eigenvalue weighted by Crippen LogP contribution is -2.46. The second-order valence-electron chi connectivity index (χ2n) is 8.74. The second kappa shape index (κ2) is 8.22. The van der Waals surface area contributed by atoms with Gasteiger partial charge in [0.15, 0.2) is 11.6 Å². The SMILES string of the molecule is Cc1csc2c(N3CCC(NC(=O)OC(C)(C)C)CC3)nc(-c3ccccc3)nc12. The second-order valence-corrected chi connectivity index (χ2v) is 9.62. The van der Waals surface area contributed by atoms with Gasteiger partial charge in [0.2, 0.25) is 0 Å². The summed E-state index contributed by atoms with van der Waals surface area (Å²) < 4.78 is 6.52. The third-order valence-electron chi connectivity index (χ3n) is 5.12. The lowest BCUT2D eigenvalue weighted by Gasteiger charge is -2.33. The number of carbonyl (C=O) groups excluding carboxylic acids is 1. The molecule has 2 aromatic heterocycles. The maximum absolute atomic E-state index is 12.1. The van der Waals surface area contributed by atoms with Crippen molar-refractivity contribution < 1.29 is 9.53 Å². The van der Waals surface area contributed by atoms with Gasteiger partial charge in [0.25, 0.3) is 0 Å². The number of hydrogen-bond donors (Lipinski definition) is 1. The van der Waals surface area contributed by atoms with E-state index in [2.05, 4.69) is 22.5 Å². The van der Waals surface area contributed by atoms with Crippen molar-refractivity contribution in [2.24, 2.45) is 0 Å². The average molecular weight is 425 g/mol. The molecule has 1 aliphatic rings. The van der Waals surface area contributed by atoms with Gasteiger partial charge in [-0.3, -0.25) is 0 Å². The summed E-state index contributed by atoms with van der Waals surface area (Å²) in [5.74, 6) is 1.75. The molecule has 1 fully saturated rings. The Labute approximate surface area is 181 Å².